The third kappa shape index (κ3) is 2.94. The Kier molecular flexibility index (Phi) is 3.94. The maximum Gasteiger partial charge on any atom is 0.123 e. The van der Waals surface area contributed by atoms with Crippen LogP contribution in [0, 0.1) is 12.7 Å². The first-order valence-corrected chi connectivity index (χ1v) is 6.69. The smallest absolute Gasteiger partial charge is 0.123 e. The van der Waals surface area contributed by atoms with Crippen molar-refractivity contribution in [1.82, 2.24) is 9.78 Å². The van der Waals surface area contributed by atoms with Crippen molar-refractivity contribution >= 4 is 15.9 Å². The van der Waals surface area contributed by atoms with Crippen LogP contribution in [0.5, 0.6) is 0 Å². The Balaban J connectivity index is 2.24. The Labute approximate surface area is 109 Å². The van der Waals surface area contributed by atoms with Crippen molar-refractivity contribution in [3.05, 3.63) is 47.5 Å². The maximum absolute atomic E-state index is 13.0. The number of alkyl halides is 1. The van der Waals surface area contributed by atoms with Gasteiger partial charge in [0.1, 0.15) is 5.82 Å². The van der Waals surface area contributed by atoms with Gasteiger partial charge in [0.05, 0.1) is 11.9 Å². The summed E-state index contributed by atoms with van der Waals surface area (Å²) in [5, 5.41) is 5.30. The summed E-state index contributed by atoms with van der Waals surface area (Å²) in [6.45, 7) is 1.89. The first kappa shape index (κ1) is 12.3. The molecule has 0 saturated carbocycles. The van der Waals surface area contributed by atoms with Crippen LogP contribution in [0.25, 0.3) is 5.69 Å². The zero-order chi connectivity index (χ0) is 12.3. The number of benzene rings is 1. The van der Waals surface area contributed by atoms with Gasteiger partial charge in [-0.1, -0.05) is 15.9 Å². The minimum absolute atomic E-state index is 0.210. The summed E-state index contributed by atoms with van der Waals surface area (Å²) in [7, 11) is 0. The molecule has 4 heteroatoms. The standard InChI is InChI=1S/C13H14BrFN2/c1-10-7-12(15)4-5-13(10)17-9-11(8-16-17)3-2-6-14/h4-5,7-9H,2-3,6H2,1H3. The summed E-state index contributed by atoms with van der Waals surface area (Å²) in [6, 6.07) is 4.74. The van der Waals surface area contributed by atoms with Crippen molar-refractivity contribution in [2.24, 2.45) is 0 Å². The van der Waals surface area contributed by atoms with E-state index >= 15 is 0 Å². The summed E-state index contributed by atoms with van der Waals surface area (Å²) in [4.78, 5) is 0. The summed E-state index contributed by atoms with van der Waals surface area (Å²) in [5.74, 6) is -0.210. The second kappa shape index (κ2) is 5.45. The number of halogens is 2. The van der Waals surface area contributed by atoms with Gasteiger partial charge in [0, 0.05) is 11.5 Å². The average molecular weight is 297 g/mol. The molecular formula is C13H14BrFN2. The molecule has 1 aromatic carbocycles. The minimum atomic E-state index is -0.210. The van der Waals surface area contributed by atoms with Gasteiger partial charge >= 0.3 is 0 Å². The van der Waals surface area contributed by atoms with Crippen LogP contribution in [0.4, 0.5) is 4.39 Å². The molecule has 17 heavy (non-hydrogen) atoms. The Morgan fingerprint density at radius 1 is 1.41 bits per heavy atom. The molecule has 1 heterocycles. The molecule has 0 saturated heterocycles. The lowest BCUT2D eigenvalue weighted by Crippen LogP contribution is -1.97. The molecule has 0 bridgehead atoms. The molecule has 0 radical (unpaired) electrons. The van der Waals surface area contributed by atoms with E-state index in [4.69, 9.17) is 0 Å². The quantitative estimate of drug-likeness (QED) is 0.788. The predicted molar refractivity (Wildman–Crippen MR) is 70.4 cm³/mol. The van der Waals surface area contributed by atoms with E-state index in [2.05, 4.69) is 21.0 Å². The molecule has 0 atom stereocenters. The molecule has 90 valence electrons. The van der Waals surface area contributed by atoms with E-state index in [0.717, 1.165) is 29.4 Å². The highest BCUT2D eigenvalue weighted by atomic mass is 79.9. The van der Waals surface area contributed by atoms with E-state index < -0.39 is 0 Å². The van der Waals surface area contributed by atoms with Crippen LogP contribution in [-0.2, 0) is 6.42 Å². The average Bonchev–Trinajstić information content (AvgIpc) is 2.75. The van der Waals surface area contributed by atoms with Crippen LogP contribution < -0.4 is 0 Å². The van der Waals surface area contributed by atoms with Crippen LogP contribution in [0.2, 0.25) is 0 Å². The number of hydrogen-bond acceptors (Lipinski definition) is 1. The zero-order valence-electron chi connectivity index (χ0n) is 9.66. The van der Waals surface area contributed by atoms with Crippen LogP contribution in [0.15, 0.2) is 30.6 Å². The molecule has 0 spiro atoms. The van der Waals surface area contributed by atoms with Gasteiger partial charge in [-0.3, -0.25) is 0 Å². The molecular weight excluding hydrogens is 283 g/mol. The Bertz CT molecular complexity index is 508. The first-order chi connectivity index (χ1) is 8.20. The highest BCUT2D eigenvalue weighted by Crippen LogP contribution is 2.15. The van der Waals surface area contributed by atoms with Crippen molar-refractivity contribution in [3.63, 3.8) is 0 Å². The largest absolute Gasteiger partial charge is 0.240 e. The van der Waals surface area contributed by atoms with E-state index in [9.17, 15) is 4.39 Å². The molecule has 0 N–H and O–H groups in total. The molecule has 0 aliphatic carbocycles. The fourth-order valence-corrected chi connectivity index (χ4v) is 2.05. The number of aromatic nitrogens is 2. The SMILES string of the molecule is Cc1cc(F)ccc1-n1cc(CCCBr)cn1. The molecule has 0 amide bonds. The fourth-order valence-electron chi connectivity index (χ4n) is 1.77. The number of hydrogen-bond donors (Lipinski definition) is 0. The molecule has 1 aromatic heterocycles. The zero-order valence-corrected chi connectivity index (χ0v) is 11.2. The van der Waals surface area contributed by atoms with Crippen molar-refractivity contribution in [2.45, 2.75) is 19.8 Å². The van der Waals surface area contributed by atoms with Gasteiger partial charge in [0.25, 0.3) is 0 Å². The molecule has 0 aliphatic rings. The third-order valence-electron chi connectivity index (χ3n) is 2.64. The molecule has 2 aromatic rings. The van der Waals surface area contributed by atoms with E-state index in [1.807, 2.05) is 19.3 Å². The number of nitrogens with zero attached hydrogens (tertiary/aromatic N) is 2. The summed E-state index contributed by atoms with van der Waals surface area (Å²) in [5.41, 5.74) is 3.02. The lowest BCUT2D eigenvalue weighted by molar-refractivity contribution is 0.625. The summed E-state index contributed by atoms with van der Waals surface area (Å²) in [6.07, 6.45) is 5.97. The monoisotopic (exact) mass is 296 g/mol. The van der Waals surface area contributed by atoms with E-state index in [1.54, 1.807) is 10.7 Å². The Morgan fingerprint density at radius 2 is 2.24 bits per heavy atom. The summed E-state index contributed by atoms with van der Waals surface area (Å²) >= 11 is 3.41. The minimum Gasteiger partial charge on any atom is -0.240 e. The van der Waals surface area contributed by atoms with Gasteiger partial charge in [-0.05, 0) is 49.1 Å². The van der Waals surface area contributed by atoms with E-state index in [0.29, 0.717) is 0 Å². The topological polar surface area (TPSA) is 17.8 Å². The summed E-state index contributed by atoms with van der Waals surface area (Å²) < 4.78 is 14.8. The van der Waals surface area contributed by atoms with Crippen LogP contribution in [0.3, 0.4) is 0 Å². The number of rotatable bonds is 4. The van der Waals surface area contributed by atoms with E-state index in [1.165, 1.54) is 17.7 Å². The van der Waals surface area contributed by atoms with Gasteiger partial charge in [0.2, 0.25) is 0 Å². The third-order valence-corrected chi connectivity index (χ3v) is 3.20. The lowest BCUT2D eigenvalue weighted by atomic mass is 10.2. The lowest BCUT2D eigenvalue weighted by Gasteiger charge is -2.05. The van der Waals surface area contributed by atoms with Crippen LogP contribution in [0.1, 0.15) is 17.5 Å². The number of aryl methyl sites for hydroxylation is 2. The van der Waals surface area contributed by atoms with Crippen molar-refractivity contribution in [1.29, 1.82) is 0 Å². The van der Waals surface area contributed by atoms with Gasteiger partial charge in [-0.15, -0.1) is 0 Å². The van der Waals surface area contributed by atoms with Crippen molar-refractivity contribution < 1.29 is 4.39 Å². The van der Waals surface area contributed by atoms with Gasteiger partial charge in [0.15, 0.2) is 0 Å². The van der Waals surface area contributed by atoms with Crippen LogP contribution in [-0.4, -0.2) is 15.1 Å². The molecule has 2 nitrogen and oxygen atoms in total. The predicted octanol–water partition coefficient (Wildman–Crippen LogP) is 3.65. The van der Waals surface area contributed by atoms with Crippen LogP contribution >= 0.6 is 15.9 Å². The molecule has 2 rings (SSSR count). The second-order valence-corrected chi connectivity index (χ2v) is 4.81. The first-order valence-electron chi connectivity index (χ1n) is 5.57. The van der Waals surface area contributed by atoms with E-state index in [-0.39, 0.29) is 5.82 Å². The highest BCUT2D eigenvalue weighted by molar-refractivity contribution is 9.09. The van der Waals surface area contributed by atoms with Gasteiger partial charge in [-0.25, -0.2) is 9.07 Å². The molecule has 0 fully saturated rings. The van der Waals surface area contributed by atoms with Crippen molar-refractivity contribution in [3.8, 4) is 5.69 Å². The Morgan fingerprint density at radius 3 is 2.94 bits per heavy atom. The maximum atomic E-state index is 13.0. The Hall–Kier alpha value is -1.16. The van der Waals surface area contributed by atoms with Crippen molar-refractivity contribution in [2.75, 3.05) is 5.33 Å². The second-order valence-electron chi connectivity index (χ2n) is 4.02. The molecule has 0 unspecified atom stereocenters. The molecule has 0 aliphatic heterocycles. The van der Waals surface area contributed by atoms with Gasteiger partial charge in [-0.2, -0.15) is 5.10 Å². The highest BCUT2D eigenvalue weighted by Gasteiger charge is 2.04. The fraction of sp³-hybridized carbons (Fsp3) is 0.308. The normalized spacial score (nSPS) is 10.8. The van der Waals surface area contributed by atoms with Gasteiger partial charge < -0.3 is 0 Å².